The lowest BCUT2D eigenvalue weighted by molar-refractivity contribution is 0.134. The van der Waals surface area contributed by atoms with Gasteiger partial charge in [0.15, 0.2) is 0 Å². The average Bonchev–Trinajstić information content (AvgIpc) is 3.27. The number of rotatable bonds is 4. The average molecular weight is 432 g/mol. The summed E-state index contributed by atoms with van der Waals surface area (Å²) < 4.78 is 18.7. The molecule has 0 bridgehead atoms. The molecule has 0 saturated heterocycles. The molecule has 0 fully saturated rings. The third-order valence-corrected chi connectivity index (χ3v) is 7.48. The Kier molecular flexibility index (Phi) is 4.85. The summed E-state index contributed by atoms with van der Waals surface area (Å²) in [6.07, 6.45) is 5.10. The number of aliphatic hydroxyl groups excluding tert-OH is 1. The summed E-state index contributed by atoms with van der Waals surface area (Å²) in [7, 11) is 2.11. The second kappa shape index (κ2) is 7.75. The number of likely N-dealkylation sites (N-methyl/N-ethyl adjacent to an activating group) is 1. The van der Waals surface area contributed by atoms with Crippen molar-refractivity contribution in [2.45, 2.75) is 57.8 Å². The van der Waals surface area contributed by atoms with Crippen LogP contribution in [0.3, 0.4) is 0 Å². The van der Waals surface area contributed by atoms with Crippen LogP contribution in [-0.2, 0) is 38.9 Å². The van der Waals surface area contributed by atoms with Gasteiger partial charge in [-0.05, 0) is 68.1 Å². The zero-order valence-electron chi connectivity index (χ0n) is 18.6. The summed E-state index contributed by atoms with van der Waals surface area (Å²) in [4.78, 5) is 2.28. The Hall–Kier alpha value is -2.63. The first-order chi connectivity index (χ1) is 15.6. The normalized spacial score (nSPS) is 17.6. The number of aryl methyl sites for hydroxylation is 1. The lowest BCUT2D eigenvalue weighted by Crippen LogP contribution is -2.29. The van der Waals surface area contributed by atoms with Crippen LogP contribution in [0.4, 0.5) is 4.39 Å². The van der Waals surface area contributed by atoms with Crippen LogP contribution in [0.2, 0.25) is 0 Å². The molecule has 1 N–H and O–H groups in total. The molecular weight excluding hydrogens is 401 g/mol. The summed E-state index contributed by atoms with van der Waals surface area (Å²) in [5.74, 6) is -0.198. The van der Waals surface area contributed by atoms with Crippen molar-refractivity contribution >= 4 is 21.8 Å². The van der Waals surface area contributed by atoms with Gasteiger partial charge in [0.25, 0.3) is 0 Å². The number of nitrogens with zero attached hydrogens (tertiary/aromatic N) is 3. The summed E-state index contributed by atoms with van der Waals surface area (Å²) in [6.45, 7) is 2.93. The van der Waals surface area contributed by atoms with Crippen LogP contribution in [0.15, 0.2) is 42.5 Å². The lowest BCUT2D eigenvalue weighted by Gasteiger charge is -2.25. The lowest BCUT2D eigenvalue weighted by atomic mass is 9.95. The van der Waals surface area contributed by atoms with E-state index in [2.05, 4.69) is 45.3 Å². The number of fused-ring (bicyclic) bond motifs is 6. The van der Waals surface area contributed by atoms with Gasteiger partial charge in [-0.15, -0.1) is 0 Å². The fourth-order valence-corrected chi connectivity index (χ4v) is 6.04. The van der Waals surface area contributed by atoms with Gasteiger partial charge >= 0.3 is 0 Å². The number of hydrogen-bond donors (Lipinski definition) is 1. The molecule has 0 spiro atoms. The molecule has 0 saturated carbocycles. The van der Waals surface area contributed by atoms with Crippen molar-refractivity contribution in [3.63, 3.8) is 0 Å². The highest BCUT2D eigenvalue weighted by atomic mass is 19.1. The van der Waals surface area contributed by atoms with Crippen LogP contribution in [0.5, 0.6) is 0 Å². The van der Waals surface area contributed by atoms with Crippen molar-refractivity contribution < 1.29 is 9.50 Å². The Balaban J connectivity index is 1.38. The van der Waals surface area contributed by atoms with Gasteiger partial charge in [-0.25, -0.2) is 4.39 Å². The quantitative estimate of drug-likeness (QED) is 0.510. The minimum atomic E-state index is -0.513. The van der Waals surface area contributed by atoms with E-state index in [9.17, 15) is 9.50 Å². The molecule has 0 amide bonds. The standard InChI is InChI=1S/C27H30FN3O/c1-29-13-12-27-23(17-29)22-14-18(28)10-11-26(22)31(27)16-19(32)15-30-24-8-4-2-6-20(24)21-7-3-5-9-25(21)30/h2,4,6,8,10-11,14,19,32H,3,5,7,9,12-13,15-17H2,1H3. The SMILES string of the molecule is CN1CCc2c(c3cc(F)ccc3n2CC(O)Cn2c3c(c4ccccc42)CCCC3)C1. The molecule has 0 radical (unpaired) electrons. The van der Waals surface area contributed by atoms with E-state index in [-0.39, 0.29) is 5.82 Å². The van der Waals surface area contributed by atoms with Gasteiger partial charge in [-0.3, -0.25) is 0 Å². The summed E-state index contributed by atoms with van der Waals surface area (Å²) >= 11 is 0. The number of halogens is 1. The Morgan fingerprint density at radius 2 is 1.59 bits per heavy atom. The predicted octanol–water partition coefficient (Wildman–Crippen LogP) is 4.66. The minimum Gasteiger partial charge on any atom is -0.389 e. The number of aromatic nitrogens is 2. The van der Waals surface area contributed by atoms with Gasteiger partial charge < -0.3 is 19.1 Å². The van der Waals surface area contributed by atoms with Gasteiger partial charge in [-0.2, -0.15) is 0 Å². The van der Waals surface area contributed by atoms with Crippen LogP contribution in [-0.4, -0.2) is 38.8 Å². The second-order valence-electron chi connectivity index (χ2n) is 9.60. The van der Waals surface area contributed by atoms with Crippen molar-refractivity contribution in [3.05, 3.63) is 70.8 Å². The molecule has 4 nitrogen and oxygen atoms in total. The monoisotopic (exact) mass is 431 g/mol. The zero-order chi connectivity index (χ0) is 21.8. The Bertz CT molecular complexity index is 1320. The maximum absolute atomic E-state index is 14.1. The number of aliphatic hydroxyl groups is 1. The van der Waals surface area contributed by atoms with Gasteiger partial charge in [-0.1, -0.05) is 18.2 Å². The molecule has 4 aromatic rings. The predicted molar refractivity (Wildman–Crippen MR) is 127 cm³/mol. The Morgan fingerprint density at radius 3 is 2.44 bits per heavy atom. The van der Waals surface area contributed by atoms with E-state index in [4.69, 9.17) is 0 Å². The van der Waals surface area contributed by atoms with Crippen molar-refractivity contribution in [1.82, 2.24) is 14.0 Å². The minimum absolute atomic E-state index is 0.198. The molecule has 6 rings (SSSR count). The van der Waals surface area contributed by atoms with E-state index in [1.54, 1.807) is 6.07 Å². The number of hydrogen-bond acceptors (Lipinski definition) is 2. The maximum Gasteiger partial charge on any atom is 0.123 e. The van der Waals surface area contributed by atoms with Crippen molar-refractivity contribution in [1.29, 1.82) is 0 Å². The molecule has 1 aliphatic carbocycles. The fraction of sp³-hybridized carbons (Fsp3) is 0.407. The van der Waals surface area contributed by atoms with Crippen molar-refractivity contribution in [2.75, 3.05) is 13.6 Å². The van der Waals surface area contributed by atoms with Crippen LogP contribution in [0.25, 0.3) is 21.8 Å². The molecule has 32 heavy (non-hydrogen) atoms. The molecule has 1 unspecified atom stereocenters. The molecule has 2 aromatic heterocycles. The summed E-state index contributed by atoms with van der Waals surface area (Å²) in [5, 5.41) is 13.6. The number of benzene rings is 2. The third kappa shape index (κ3) is 3.18. The second-order valence-corrected chi connectivity index (χ2v) is 9.60. The van der Waals surface area contributed by atoms with Gasteiger partial charge in [0, 0.05) is 52.7 Å². The molecule has 5 heteroatoms. The van der Waals surface area contributed by atoms with Crippen molar-refractivity contribution in [2.24, 2.45) is 0 Å². The van der Waals surface area contributed by atoms with E-state index < -0.39 is 6.10 Å². The highest BCUT2D eigenvalue weighted by Crippen LogP contribution is 2.34. The van der Waals surface area contributed by atoms with E-state index in [0.29, 0.717) is 13.1 Å². The molecule has 2 aliphatic rings. The zero-order valence-corrected chi connectivity index (χ0v) is 18.6. The molecule has 166 valence electrons. The molecule has 1 aliphatic heterocycles. The smallest absolute Gasteiger partial charge is 0.123 e. The maximum atomic E-state index is 14.1. The fourth-order valence-electron chi connectivity index (χ4n) is 6.04. The number of para-hydroxylation sites is 1. The van der Waals surface area contributed by atoms with Crippen LogP contribution >= 0.6 is 0 Å². The van der Waals surface area contributed by atoms with Crippen molar-refractivity contribution in [3.8, 4) is 0 Å². The van der Waals surface area contributed by atoms with E-state index in [0.717, 1.165) is 43.3 Å². The highest BCUT2D eigenvalue weighted by molar-refractivity contribution is 5.86. The molecule has 2 aromatic carbocycles. The van der Waals surface area contributed by atoms with Crippen LogP contribution in [0, 0.1) is 5.82 Å². The summed E-state index contributed by atoms with van der Waals surface area (Å²) in [6, 6.07) is 13.7. The van der Waals surface area contributed by atoms with Gasteiger partial charge in [0.2, 0.25) is 0 Å². The first-order valence-electron chi connectivity index (χ1n) is 11.8. The molecular formula is C27H30FN3O. The first-order valence-corrected chi connectivity index (χ1v) is 11.8. The van der Waals surface area contributed by atoms with E-state index in [1.807, 2.05) is 6.07 Å². The van der Waals surface area contributed by atoms with E-state index in [1.165, 1.54) is 52.3 Å². The third-order valence-electron chi connectivity index (χ3n) is 7.48. The van der Waals surface area contributed by atoms with Crippen LogP contribution < -0.4 is 0 Å². The Morgan fingerprint density at radius 1 is 0.875 bits per heavy atom. The summed E-state index contributed by atoms with van der Waals surface area (Å²) in [5.41, 5.74) is 7.61. The molecule has 1 atom stereocenters. The van der Waals surface area contributed by atoms with E-state index >= 15 is 0 Å². The van der Waals surface area contributed by atoms with Crippen LogP contribution in [0.1, 0.15) is 35.4 Å². The Labute approximate surface area is 187 Å². The highest BCUT2D eigenvalue weighted by Gasteiger charge is 2.25. The van der Waals surface area contributed by atoms with Gasteiger partial charge in [0.1, 0.15) is 5.82 Å². The van der Waals surface area contributed by atoms with Gasteiger partial charge in [0.05, 0.1) is 19.2 Å². The topological polar surface area (TPSA) is 33.3 Å². The molecule has 3 heterocycles. The first kappa shape index (κ1) is 20.0. The largest absolute Gasteiger partial charge is 0.389 e.